The number of rotatable bonds is 5. The Balaban J connectivity index is 1.43. The number of thiazole rings is 1. The number of anilines is 3. The van der Waals surface area contributed by atoms with Crippen molar-refractivity contribution >= 4 is 44.2 Å². The summed E-state index contributed by atoms with van der Waals surface area (Å²) in [4.78, 5) is 31.2. The van der Waals surface area contributed by atoms with Crippen molar-refractivity contribution in [1.82, 2.24) is 24.2 Å². The lowest BCUT2D eigenvalue weighted by Gasteiger charge is -2.35. The molecule has 2 aliphatic rings. The highest BCUT2D eigenvalue weighted by Crippen LogP contribution is 2.27. The SMILES string of the molecule is CC(=O)Nc1ncc(S(=O)(=O)N2CCN(c3nc(C)cc(N4CCN(C)CC4)n3)CC2)s1. The number of amides is 1. The first kappa shape index (κ1) is 22.8. The molecular weight excluding hydrogens is 452 g/mol. The summed E-state index contributed by atoms with van der Waals surface area (Å²) in [5.74, 6) is 1.28. The fraction of sp³-hybridized carbons (Fsp3) is 0.579. The van der Waals surface area contributed by atoms with Crippen LogP contribution in [0.2, 0.25) is 0 Å². The van der Waals surface area contributed by atoms with Crippen molar-refractivity contribution in [2.24, 2.45) is 0 Å². The largest absolute Gasteiger partial charge is 0.354 e. The Morgan fingerprint density at radius 3 is 2.34 bits per heavy atom. The zero-order chi connectivity index (χ0) is 22.9. The molecule has 11 nitrogen and oxygen atoms in total. The monoisotopic (exact) mass is 480 g/mol. The van der Waals surface area contributed by atoms with Crippen LogP contribution in [0.4, 0.5) is 16.9 Å². The molecule has 32 heavy (non-hydrogen) atoms. The maximum atomic E-state index is 13.0. The van der Waals surface area contributed by atoms with Gasteiger partial charge in [0.2, 0.25) is 11.9 Å². The van der Waals surface area contributed by atoms with E-state index >= 15 is 0 Å². The van der Waals surface area contributed by atoms with Gasteiger partial charge < -0.3 is 20.0 Å². The van der Waals surface area contributed by atoms with Crippen LogP contribution in [0, 0.1) is 6.92 Å². The molecule has 174 valence electrons. The third-order valence-corrected chi connectivity index (χ3v) is 8.79. The number of hydrogen-bond acceptors (Lipinski definition) is 10. The fourth-order valence-electron chi connectivity index (χ4n) is 3.72. The van der Waals surface area contributed by atoms with Crippen LogP contribution in [-0.4, -0.2) is 97.9 Å². The maximum Gasteiger partial charge on any atom is 0.254 e. The van der Waals surface area contributed by atoms with Gasteiger partial charge >= 0.3 is 0 Å². The molecule has 0 saturated carbocycles. The second-order valence-corrected chi connectivity index (χ2v) is 11.2. The molecule has 2 aromatic heterocycles. The summed E-state index contributed by atoms with van der Waals surface area (Å²) in [5.41, 5.74) is 0.897. The van der Waals surface area contributed by atoms with E-state index in [1.807, 2.05) is 17.9 Å². The maximum absolute atomic E-state index is 13.0. The number of aryl methyl sites for hydroxylation is 1. The van der Waals surface area contributed by atoms with Crippen molar-refractivity contribution in [1.29, 1.82) is 0 Å². The number of carbonyl (C=O) groups excluding carboxylic acids is 1. The van der Waals surface area contributed by atoms with Crippen LogP contribution in [0.1, 0.15) is 12.6 Å². The molecule has 0 radical (unpaired) electrons. The van der Waals surface area contributed by atoms with Crippen LogP contribution >= 0.6 is 11.3 Å². The van der Waals surface area contributed by atoms with Crippen LogP contribution in [0.5, 0.6) is 0 Å². The molecule has 4 rings (SSSR count). The van der Waals surface area contributed by atoms with Crippen LogP contribution in [0.25, 0.3) is 0 Å². The summed E-state index contributed by atoms with van der Waals surface area (Å²) in [5, 5.41) is 2.80. The number of nitrogens with zero attached hydrogens (tertiary/aromatic N) is 7. The molecule has 13 heteroatoms. The molecule has 0 spiro atoms. The molecule has 0 bridgehead atoms. The Bertz CT molecular complexity index is 1070. The number of nitrogens with one attached hydrogen (secondary N) is 1. The molecule has 1 amide bonds. The van der Waals surface area contributed by atoms with Crippen molar-refractivity contribution in [3.63, 3.8) is 0 Å². The van der Waals surface area contributed by atoms with E-state index in [1.54, 1.807) is 0 Å². The van der Waals surface area contributed by atoms with Crippen molar-refractivity contribution < 1.29 is 13.2 Å². The van der Waals surface area contributed by atoms with Gasteiger partial charge in [-0.1, -0.05) is 11.3 Å². The van der Waals surface area contributed by atoms with Gasteiger partial charge in [0.1, 0.15) is 5.82 Å². The van der Waals surface area contributed by atoms with E-state index in [9.17, 15) is 13.2 Å². The molecule has 4 heterocycles. The summed E-state index contributed by atoms with van der Waals surface area (Å²) >= 11 is 0.959. The Kier molecular flexibility index (Phi) is 6.60. The predicted octanol–water partition coefficient (Wildman–Crippen LogP) is 0.463. The average Bonchev–Trinajstić information content (AvgIpc) is 3.22. The summed E-state index contributed by atoms with van der Waals surface area (Å²) in [7, 11) is -1.54. The number of sulfonamides is 1. The van der Waals surface area contributed by atoms with E-state index in [4.69, 9.17) is 4.98 Å². The highest BCUT2D eigenvalue weighted by molar-refractivity contribution is 7.91. The third-order valence-electron chi connectivity index (χ3n) is 5.54. The Labute approximate surface area is 192 Å². The minimum absolute atomic E-state index is 0.124. The van der Waals surface area contributed by atoms with Crippen LogP contribution in [-0.2, 0) is 14.8 Å². The molecule has 0 unspecified atom stereocenters. The van der Waals surface area contributed by atoms with E-state index in [2.05, 4.69) is 32.1 Å². The van der Waals surface area contributed by atoms with E-state index in [1.165, 1.54) is 17.4 Å². The van der Waals surface area contributed by atoms with Gasteiger partial charge in [-0.25, -0.2) is 18.4 Å². The second kappa shape index (κ2) is 9.25. The highest BCUT2D eigenvalue weighted by Gasteiger charge is 2.31. The first-order valence-electron chi connectivity index (χ1n) is 10.5. The summed E-state index contributed by atoms with van der Waals surface area (Å²) < 4.78 is 27.6. The molecule has 2 aromatic rings. The summed E-state index contributed by atoms with van der Waals surface area (Å²) in [6.45, 7) is 8.82. The van der Waals surface area contributed by atoms with Gasteiger partial charge in [0.25, 0.3) is 10.0 Å². The zero-order valence-electron chi connectivity index (χ0n) is 18.5. The van der Waals surface area contributed by atoms with Crippen LogP contribution in [0.15, 0.2) is 16.5 Å². The predicted molar refractivity (Wildman–Crippen MR) is 124 cm³/mol. The molecule has 2 saturated heterocycles. The van der Waals surface area contributed by atoms with Crippen LogP contribution in [0.3, 0.4) is 0 Å². The number of aromatic nitrogens is 3. The Hall–Kier alpha value is -2.35. The van der Waals surface area contributed by atoms with Gasteiger partial charge in [-0.3, -0.25) is 4.79 Å². The van der Waals surface area contributed by atoms with Crippen molar-refractivity contribution in [3.05, 3.63) is 18.0 Å². The molecule has 0 aliphatic carbocycles. The van der Waals surface area contributed by atoms with E-state index in [-0.39, 0.29) is 15.2 Å². The van der Waals surface area contributed by atoms with Crippen molar-refractivity contribution in [3.8, 4) is 0 Å². The van der Waals surface area contributed by atoms with Gasteiger partial charge in [0, 0.05) is 71.0 Å². The van der Waals surface area contributed by atoms with E-state index in [0.717, 1.165) is 49.0 Å². The zero-order valence-corrected chi connectivity index (χ0v) is 20.1. The van der Waals surface area contributed by atoms with Gasteiger partial charge in [-0.15, -0.1) is 0 Å². The first-order valence-corrected chi connectivity index (χ1v) is 12.8. The minimum Gasteiger partial charge on any atom is -0.354 e. The molecule has 0 aromatic carbocycles. The topological polar surface area (TPSA) is 115 Å². The first-order chi connectivity index (χ1) is 15.2. The second-order valence-electron chi connectivity index (χ2n) is 8.01. The van der Waals surface area contributed by atoms with E-state index < -0.39 is 10.0 Å². The molecule has 2 aliphatic heterocycles. The molecule has 0 atom stereocenters. The van der Waals surface area contributed by atoms with Gasteiger partial charge in [0.15, 0.2) is 9.34 Å². The van der Waals surface area contributed by atoms with Gasteiger partial charge in [0.05, 0.1) is 6.20 Å². The average molecular weight is 481 g/mol. The van der Waals surface area contributed by atoms with Crippen molar-refractivity contribution in [2.75, 3.05) is 74.5 Å². The number of hydrogen-bond donors (Lipinski definition) is 1. The van der Waals surface area contributed by atoms with E-state index in [0.29, 0.717) is 32.1 Å². The normalized spacial score (nSPS) is 18.7. The smallest absolute Gasteiger partial charge is 0.254 e. The lowest BCUT2D eigenvalue weighted by molar-refractivity contribution is -0.114. The summed E-state index contributed by atoms with van der Waals surface area (Å²) in [6.07, 6.45) is 1.30. The number of piperazine rings is 2. The molecule has 1 N–H and O–H groups in total. The van der Waals surface area contributed by atoms with Gasteiger partial charge in [-0.05, 0) is 14.0 Å². The Morgan fingerprint density at radius 1 is 1.03 bits per heavy atom. The number of carbonyl (C=O) groups is 1. The summed E-state index contributed by atoms with van der Waals surface area (Å²) in [6, 6.07) is 2.01. The third kappa shape index (κ3) is 5.00. The molecular formula is C19H28N8O3S2. The lowest BCUT2D eigenvalue weighted by Crippen LogP contribution is -2.49. The van der Waals surface area contributed by atoms with Gasteiger partial charge in [-0.2, -0.15) is 9.29 Å². The van der Waals surface area contributed by atoms with Crippen molar-refractivity contribution in [2.45, 2.75) is 18.1 Å². The minimum atomic E-state index is -3.66. The Morgan fingerprint density at radius 2 is 1.69 bits per heavy atom. The highest BCUT2D eigenvalue weighted by atomic mass is 32.2. The number of likely N-dealkylation sites (N-methyl/N-ethyl adjacent to an activating group) is 1. The molecule has 2 fully saturated rings. The quantitative estimate of drug-likeness (QED) is 0.652. The fourth-order valence-corrected chi connectivity index (χ4v) is 6.37. The standard InChI is InChI=1S/C19H28N8O3S2/c1-14-12-16(25-6-4-24(3)5-7-25)23-18(21-14)26-8-10-27(11-9-26)32(29,30)17-13-20-19(31-17)22-15(2)28/h12-13H,4-11H2,1-3H3,(H,20,22,28). The van der Waals surface area contributed by atoms with Crippen LogP contribution < -0.4 is 15.1 Å². The lowest BCUT2D eigenvalue weighted by atomic mass is 10.3.